The first-order valence-electron chi connectivity index (χ1n) is 12.7. The number of likely N-dealkylation sites (tertiary alicyclic amines) is 1. The molecule has 1 saturated heterocycles. The first-order chi connectivity index (χ1) is 17.6. The van der Waals surface area contributed by atoms with Gasteiger partial charge < -0.3 is 9.47 Å². The number of urea groups is 1. The first kappa shape index (κ1) is 26.6. The number of ether oxygens (including phenoxy) is 2. The molecule has 0 radical (unpaired) electrons. The van der Waals surface area contributed by atoms with E-state index in [1.54, 1.807) is 23.2 Å². The smallest absolute Gasteiger partial charge is 0.410 e. The molecule has 1 fully saturated rings. The van der Waals surface area contributed by atoms with E-state index >= 15 is 0 Å². The minimum Gasteiger partial charge on any atom is -0.471 e. The quantitative estimate of drug-likeness (QED) is 0.497. The zero-order valence-electron chi connectivity index (χ0n) is 21.9. The lowest BCUT2D eigenvalue weighted by Gasteiger charge is -2.43. The maximum atomic E-state index is 13.8. The number of rotatable bonds is 7. The van der Waals surface area contributed by atoms with Gasteiger partial charge in [0.15, 0.2) is 6.23 Å². The Morgan fingerprint density at radius 1 is 1.16 bits per heavy atom. The van der Waals surface area contributed by atoms with Crippen molar-refractivity contribution in [2.75, 3.05) is 18.0 Å². The van der Waals surface area contributed by atoms with Gasteiger partial charge in [-0.1, -0.05) is 25.1 Å². The molecule has 1 atom stereocenters. The topological polar surface area (TPSA) is 83.5 Å². The number of hydrogen-bond acceptors (Lipinski definition) is 5. The highest BCUT2D eigenvalue weighted by atomic mass is 19.1. The van der Waals surface area contributed by atoms with Crippen LogP contribution in [-0.2, 0) is 11.3 Å². The number of carbonyl (C=O) groups excluding carboxylic acids is 2. The number of benzene rings is 2. The highest BCUT2D eigenvalue weighted by Crippen LogP contribution is 2.36. The molecule has 0 bridgehead atoms. The average Bonchev–Trinajstić information content (AvgIpc) is 3.14. The Hall–Kier alpha value is -3.46. The molecule has 2 aromatic rings. The fourth-order valence-corrected chi connectivity index (χ4v) is 4.71. The van der Waals surface area contributed by atoms with Crippen LogP contribution in [0.15, 0.2) is 53.5 Å². The molecule has 2 aliphatic rings. The second kappa shape index (κ2) is 10.9. The number of carbonyl (C=O) groups is 2. The van der Waals surface area contributed by atoms with Gasteiger partial charge in [-0.3, -0.25) is 15.1 Å². The third kappa shape index (κ3) is 6.65. The number of piperidine rings is 1. The second-order valence-electron chi connectivity index (χ2n) is 10.5. The number of halogens is 1. The van der Waals surface area contributed by atoms with E-state index in [0.29, 0.717) is 37.2 Å². The van der Waals surface area contributed by atoms with Gasteiger partial charge in [0.25, 0.3) is 0 Å². The molecular formula is C28H35FN4O4. The predicted molar refractivity (Wildman–Crippen MR) is 141 cm³/mol. The van der Waals surface area contributed by atoms with E-state index < -0.39 is 23.5 Å². The maximum absolute atomic E-state index is 13.8. The lowest BCUT2D eigenvalue weighted by atomic mass is 9.87. The second-order valence-corrected chi connectivity index (χ2v) is 10.5. The molecule has 2 aromatic carbocycles. The summed E-state index contributed by atoms with van der Waals surface area (Å²) in [6.07, 6.45) is 2.69. The van der Waals surface area contributed by atoms with Gasteiger partial charge in [0.1, 0.15) is 17.2 Å². The van der Waals surface area contributed by atoms with Gasteiger partial charge in [0, 0.05) is 38.0 Å². The fourth-order valence-electron chi connectivity index (χ4n) is 4.71. The largest absolute Gasteiger partial charge is 0.471 e. The van der Waals surface area contributed by atoms with Gasteiger partial charge >= 0.3 is 12.1 Å². The van der Waals surface area contributed by atoms with Crippen LogP contribution in [0.1, 0.15) is 52.5 Å². The van der Waals surface area contributed by atoms with Crippen LogP contribution in [0.4, 0.5) is 19.7 Å². The molecule has 1 spiro atoms. The van der Waals surface area contributed by atoms with Crippen molar-refractivity contribution in [2.45, 2.75) is 70.9 Å². The summed E-state index contributed by atoms with van der Waals surface area (Å²) in [5.41, 5.74) is 0.500. The Kier molecular flexibility index (Phi) is 7.82. The SMILES string of the molecule is CCC(NC(=O)OC(C)(C)C)Oc1cccc(CN2CCC3(C=NC(=O)N3c3cccc(F)c3)CC2)c1. The Labute approximate surface area is 217 Å². The minimum absolute atomic E-state index is 0.352. The van der Waals surface area contributed by atoms with Crippen molar-refractivity contribution in [1.82, 2.24) is 10.2 Å². The van der Waals surface area contributed by atoms with E-state index in [1.165, 1.54) is 12.1 Å². The molecule has 37 heavy (non-hydrogen) atoms. The van der Waals surface area contributed by atoms with Gasteiger partial charge in [-0.25, -0.2) is 19.0 Å². The summed E-state index contributed by atoms with van der Waals surface area (Å²) < 4.78 is 25.2. The molecule has 9 heteroatoms. The fraction of sp³-hybridized carbons (Fsp3) is 0.464. The van der Waals surface area contributed by atoms with E-state index in [1.807, 2.05) is 52.0 Å². The zero-order valence-corrected chi connectivity index (χ0v) is 21.9. The monoisotopic (exact) mass is 510 g/mol. The Morgan fingerprint density at radius 2 is 1.89 bits per heavy atom. The van der Waals surface area contributed by atoms with Crippen LogP contribution >= 0.6 is 0 Å². The number of nitrogens with zero attached hydrogens (tertiary/aromatic N) is 3. The summed E-state index contributed by atoms with van der Waals surface area (Å²) in [6.45, 7) is 9.61. The zero-order chi connectivity index (χ0) is 26.6. The normalized spacial score (nSPS) is 18.2. The van der Waals surface area contributed by atoms with E-state index in [9.17, 15) is 14.0 Å². The Morgan fingerprint density at radius 3 is 2.57 bits per heavy atom. The van der Waals surface area contributed by atoms with Crippen LogP contribution < -0.4 is 15.0 Å². The molecule has 8 nitrogen and oxygen atoms in total. The number of nitrogens with one attached hydrogen (secondary N) is 1. The van der Waals surface area contributed by atoms with E-state index in [4.69, 9.17) is 9.47 Å². The van der Waals surface area contributed by atoms with Crippen molar-refractivity contribution in [1.29, 1.82) is 0 Å². The van der Waals surface area contributed by atoms with Crippen LogP contribution in [0.3, 0.4) is 0 Å². The van der Waals surface area contributed by atoms with E-state index in [0.717, 1.165) is 18.7 Å². The molecule has 1 unspecified atom stereocenters. The highest BCUT2D eigenvalue weighted by molar-refractivity contribution is 6.08. The van der Waals surface area contributed by atoms with Crippen LogP contribution in [-0.4, -0.2) is 53.7 Å². The number of alkyl carbamates (subject to hydrolysis) is 1. The van der Waals surface area contributed by atoms with Crippen LogP contribution in [0.25, 0.3) is 0 Å². The van der Waals surface area contributed by atoms with Crippen molar-refractivity contribution in [3.8, 4) is 5.75 Å². The minimum atomic E-state index is -0.582. The number of amides is 3. The summed E-state index contributed by atoms with van der Waals surface area (Å²) in [7, 11) is 0. The summed E-state index contributed by atoms with van der Waals surface area (Å²) in [4.78, 5) is 32.7. The summed E-state index contributed by atoms with van der Waals surface area (Å²) in [6, 6.07) is 13.6. The standard InChI is InChI=1S/C28H35FN4O4/c1-5-24(31-26(35)37-27(2,3)4)36-23-11-6-8-20(16-23)18-32-14-12-28(13-15-32)19-30-25(34)33(28)22-10-7-9-21(29)17-22/h6-11,16-17,19,24H,5,12-15,18H2,1-4H3,(H,31,35). The molecular weight excluding hydrogens is 475 g/mol. The third-order valence-electron chi connectivity index (χ3n) is 6.47. The van der Waals surface area contributed by atoms with Crippen LogP contribution in [0, 0.1) is 5.82 Å². The van der Waals surface area contributed by atoms with Crippen molar-refractivity contribution >= 4 is 24.0 Å². The summed E-state index contributed by atoms with van der Waals surface area (Å²) >= 11 is 0. The predicted octanol–water partition coefficient (Wildman–Crippen LogP) is 5.51. The van der Waals surface area contributed by atoms with Crippen molar-refractivity contribution in [3.63, 3.8) is 0 Å². The molecule has 0 saturated carbocycles. The van der Waals surface area contributed by atoms with Crippen LogP contribution in [0.5, 0.6) is 5.75 Å². The molecule has 0 aliphatic carbocycles. The van der Waals surface area contributed by atoms with Crippen molar-refractivity contribution in [3.05, 3.63) is 59.9 Å². The van der Waals surface area contributed by atoms with Crippen molar-refractivity contribution in [2.24, 2.45) is 4.99 Å². The Bertz CT molecular complexity index is 1150. The van der Waals surface area contributed by atoms with E-state index in [2.05, 4.69) is 15.2 Å². The molecule has 2 heterocycles. The lowest BCUT2D eigenvalue weighted by molar-refractivity contribution is 0.0389. The lowest BCUT2D eigenvalue weighted by Crippen LogP contribution is -2.55. The number of aliphatic imine (C=N–C) groups is 1. The van der Waals surface area contributed by atoms with Gasteiger partial charge in [-0.15, -0.1) is 0 Å². The van der Waals surface area contributed by atoms with Gasteiger partial charge in [0.05, 0.1) is 5.54 Å². The Balaban J connectivity index is 1.36. The molecule has 2 aliphatic heterocycles. The van der Waals surface area contributed by atoms with E-state index in [-0.39, 0.29) is 11.8 Å². The summed E-state index contributed by atoms with van der Waals surface area (Å²) in [5.74, 6) is 0.290. The third-order valence-corrected chi connectivity index (χ3v) is 6.47. The van der Waals surface area contributed by atoms with Gasteiger partial charge in [-0.2, -0.15) is 0 Å². The van der Waals surface area contributed by atoms with Gasteiger partial charge in [0.2, 0.25) is 0 Å². The van der Waals surface area contributed by atoms with Crippen LogP contribution in [0.2, 0.25) is 0 Å². The molecule has 198 valence electrons. The van der Waals surface area contributed by atoms with Gasteiger partial charge in [-0.05, 0) is 69.5 Å². The first-order valence-corrected chi connectivity index (χ1v) is 12.7. The number of anilines is 1. The highest BCUT2D eigenvalue weighted by Gasteiger charge is 2.45. The maximum Gasteiger partial charge on any atom is 0.410 e. The molecule has 3 amide bonds. The van der Waals surface area contributed by atoms with Crippen molar-refractivity contribution < 1.29 is 23.5 Å². The molecule has 1 N–H and O–H groups in total. The molecule has 0 aromatic heterocycles. The summed E-state index contributed by atoms with van der Waals surface area (Å²) in [5, 5.41) is 2.76. The molecule has 4 rings (SSSR count). The number of hydrogen-bond donors (Lipinski definition) is 1. The average molecular weight is 511 g/mol.